The molecule has 232 valence electrons. The number of aryl methyl sites for hydroxylation is 1. The number of nitrogens with zero attached hydrogens (tertiary/aromatic N) is 4. The summed E-state index contributed by atoms with van der Waals surface area (Å²) in [4.78, 5) is 6.38. The minimum Gasteiger partial charge on any atom is -0.410 e. The number of aromatic nitrogens is 2. The number of anilines is 1. The first kappa shape index (κ1) is 31.9. The Morgan fingerprint density at radius 3 is 2.11 bits per heavy atom. The van der Waals surface area contributed by atoms with Gasteiger partial charge < -0.3 is 23.8 Å². The number of hydrogen-bond acceptors (Lipinski definition) is 6. The Morgan fingerprint density at radius 1 is 1.07 bits per heavy atom. The predicted octanol–water partition coefficient (Wildman–Crippen LogP) is 6.13. The van der Waals surface area contributed by atoms with Gasteiger partial charge in [0.2, 0.25) is 0 Å². The lowest BCUT2D eigenvalue weighted by atomic mass is 10.0. The van der Waals surface area contributed by atoms with Crippen molar-refractivity contribution in [1.82, 2.24) is 9.55 Å². The molecule has 3 aromatic carbocycles. The van der Waals surface area contributed by atoms with Gasteiger partial charge in [-0.25, -0.2) is 9.37 Å². The SMILES string of the molecule is C[C@@H]1CN(c2c(CO[Si](c3ccccc3)(c3ccccc3)C(C)(C)C)cc(/C(=N/O)c3nccn3C)c(F)c2Cl)C[C@H](C)O1. The van der Waals surface area contributed by atoms with Gasteiger partial charge in [-0.3, -0.25) is 0 Å². The van der Waals surface area contributed by atoms with Crippen molar-refractivity contribution in [1.29, 1.82) is 0 Å². The van der Waals surface area contributed by atoms with E-state index in [4.69, 9.17) is 20.8 Å². The summed E-state index contributed by atoms with van der Waals surface area (Å²) in [5, 5.41) is 15.5. The van der Waals surface area contributed by atoms with Crippen LogP contribution in [-0.2, 0) is 22.8 Å². The Hall–Kier alpha value is -3.50. The largest absolute Gasteiger partial charge is 0.410 e. The van der Waals surface area contributed by atoms with Gasteiger partial charge in [-0.05, 0) is 35.3 Å². The molecule has 4 aromatic rings. The van der Waals surface area contributed by atoms with Crippen LogP contribution < -0.4 is 15.3 Å². The molecule has 2 heterocycles. The van der Waals surface area contributed by atoms with Crippen LogP contribution in [-0.4, -0.2) is 54.1 Å². The average Bonchev–Trinajstić information content (AvgIpc) is 3.41. The number of rotatable bonds is 8. The molecule has 1 aliphatic rings. The van der Waals surface area contributed by atoms with Gasteiger partial charge in [0.25, 0.3) is 8.32 Å². The fourth-order valence-electron chi connectivity index (χ4n) is 6.41. The normalized spacial score (nSPS) is 18.1. The molecule has 0 radical (unpaired) electrons. The number of halogens is 2. The van der Waals surface area contributed by atoms with Gasteiger partial charge in [0, 0.05) is 43.7 Å². The average molecular weight is 635 g/mol. The van der Waals surface area contributed by atoms with Crippen molar-refractivity contribution in [3.63, 3.8) is 0 Å². The third-order valence-corrected chi connectivity index (χ3v) is 13.6. The van der Waals surface area contributed by atoms with E-state index in [9.17, 15) is 5.21 Å². The van der Waals surface area contributed by atoms with Crippen LogP contribution in [0.15, 0.2) is 84.3 Å². The molecule has 10 heteroatoms. The lowest BCUT2D eigenvalue weighted by molar-refractivity contribution is -0.00532. The lowest BCUT2D eigenvalue weighted by Gasteiger charge is -2.43. The first-order valence-electron chi connectivity index (χ1n) is 14.8. The van der Waals surface area contributed by atoms with E-state index in [1.54, 1.807) is 30.1 Å². The molecule has 2 atom stereocenters. The Kier molecular flexibility index (Phi) is 9.32. The minimum atomic E-state index is -2.95. The monoisotopic (exact) mass is 634 g/mol. The Labute approximate surface area is 265 Å². The van der Waals surface area contributed by atoms with Crippen molar-refractivity contribution in [2.75, 3.05) is 18.0 Å². The molecular formula is C34H40ClFN4O3Si. The molecule has 1 fully saturated rings. The van der Waals surface area contributed by atoms with Crippen LogP contribution in [0.3, 0.4) is 0 Å². The van der Waals surface area contributed by atoms with Gasteiger partial charge in [0.1, 0.15) is 5.02 Å². The second-order valence-electron chi connectivity index (χ2n) is 12.5. The molecule has 44 heavy (non-hydrogen) atoms. The molecule has 0 unspecified atom stereocenters. The van der Waals surface area contributed by atoms with Crippen LogP contribution >= 0.6 is 11.6 Å². The van der Waals surface area contributed by atoms with Crippen molar-refractivity contribution in [2.45, 2.75) is 58.5 Å². The quantitative estimate of drug-likeness (QED) is 0.109. The molecule has 1 N–H and O–H groups in total. The topological polar surface area (TPSA) is 72.1 Å². The summed E-state index contributed by atoms with van der Waals surface area (Å²) in [5.74, 6) is -0.374. The Morgan fingerprint density at radius 2 is 1.64 bits per heavy atom. The maximum absolute atomic E-state index is 16.3. The fraction of sp³-hybridized carbons (Fsp3) is 0.353. The van der Waals surface area contributed by atoms with E-state index in [2.05, 4.69) is 60.1 Å². The molecule has 1 aliphatic heterocycles. The minimum absolute atomic E-state index is 0.0149. The first-order chi connectivity index (χ1) is 21.0. The molecule has 0 amide bonds. The highest BCUT2D eigenvalue weighted by Crippen LogP contribution is 2.41. The third-order valence-electron chi connectivity index (χ3n) is 8.24. The van der Waals surface area contributed by atoms with Crippen LogP contribution in [0.2, 0.25) is 10.1 Å². The van der Waals surface area contributed by atoms with Gasteiger partial charge in [-0.1, -0.05) is 98.2 Å². The summed E-state index contributed by atoms with van der Waals surface area (Å²) in [6.07, 6.45) is 3.12. The van der Waals surface area contributed by atoms with Crippen molar-refractivity contribution >= 4 is 41.7 Å². The second-order valence-corrected chi connectivity index (χ2v) is 17.2. The van der Waals surface area contributed by atoms with Crippen LogP contribution in [0.4, 0.5) is 10.1 Å². The van der Waals surface area contributed by atoms with E-state index < -0.39 is 14.1 Å². The van der Waals surface area contributed by atoms with Crippen molar-refractivity contribution in [2.24, 2.45) is 12.2 Å². The lowest BCUT2D eigenvalue weighted by Crippen LogP contribution is -2.66. The number of imidazole rings is 1. The van der Waals surface area contributed by atoms with E-state index >= 15 is 4.39 Å². The van der Waals surface area contributed by atoms with E-state index in [0.29, 0.717) is 30.2 Å². The number of morpholine rings is 1. The molecular weight excluding hydrogens is 595 g/mol. The maximum Gasteiger partial charge on any atom is 0.261 e. The first-order valence-corrected chi connectivity index (χ1v) is 17.1. The zero-order valence-corrected chi connectivity index (χ0v) is 27.8. The van der Waals surface area contributed by atoms with Crippen LogP contribution in [0.1, 0.15) is 51.6 Å². The van der Waals surface area contributed by atoms with E-state index in [1.807, 2.05) is 50.2 Å². The van der Waals surface area contributed by atoms with Crippen LogP contribution in [0, 0.1) is 5.82 Å². The summed E-state index contributed by atoms with van der Waals surface area (Å²) in [6, 6.07) is 22.4. The Bertz CT molecular complexity index is 1580. The van der Waals surface area contributed by atoms with Crippen LogP contribution in [0.25, 0.3) is 0 Å². The molecule has 1 aromatic heterocycles. The zero-order chi connectivity index (χ0) is 31.6. The molecule has 0 saturated carbocycles. The van der Waals surface area contributed by atoms with E-state index in [1.165, 1.54) is 0 Å². The molecule has 0 spiro atoms. The number of ether oxygens (including phenoxy) is 1. The second kappa shape index (κ2) is 12.8. The molecule has 5 rings (SSSR count). The fourth-order valence-corrected chi connectivity index (χ4v) is 11.3. The summed E-state index contributed by atoms with van der Waals surface area (Å²) in [7, 11) is -1.20. The molecule has 0 aliphatic carbocycles. The highest BCUT2D eigenvalue weighted by Gasteiger charge is 2.50. The van der Waals surface area contributed by atoms with Gasteiger partial charge in [-0.2, -0.15) is 0 Å². The predicted molar refractivity (Wildman–Crippen MR) is 177 cm³/mol. The molecule has 7 nitrogen and oxygen atoms in total. The molecule has 1 saturated heterocycles. The zero-order valence-electron chi connectivity index (χ0n) is 26.1. The summed E-state index contributed by atoms with van der Waals surface area (Å²) in [6.45, 7) is 11.9. The standard InChI is InChI=1S/C34H40ClFN4O3Si/c1-23-20-40(21-24(2)43-23)32-25(19-28(30(36)29(32)35)31(38-41)33-37-17-18-39(33)6)22-42-44(34(3,4)5,26-13-9-7-10-14-26)27-15-11-8-12-16-27/h7-19,23-24,41H,20-22H2,1-6H3/b38-31-/t23-,24+. The highest BCUT2D eigenvalue weighted by molar-refractivity contribution is 6.99. The molecule has 0 bridgehead atoms. The van der Waals surface area contributed by atoms with Crippen molar-refractivity contribution in [3.05, 3.63) is 107 Å². The third kappa shape index (κ3) is 5.94. The van der Waals surface area contributed by atoms with Gasteiger partial charge in [0.15, 0.2) is 17.4 Å². The smallest absolute Gasteiger partial charge is 0.261 e. The maximum atomic E-state index is 16.3. The van der Waals surface area contributed by atoms with Crippen molar-refractivity contribution < 1.29 is 18.8 Å². The van der Waals surface area contributed by atoms with Crippen LogP contribution in [0.5, 0.6) is 0 Å². The summed E-state index contributed by atoms with van der Waals surface area (Å²) < 4.78 is 31.3. The summed E-state index contributed by atoms with van der Waals surface area (Å²) in [5.41, 5.74) is 1.28. The van der Waals surface area contributed by atoms with Gasteiger partial charge in [0.05, 0.1) is 24.5 Å². The number of oxime groups is 1. The Balaban J connectivity index is 1.71. The van der Waals surface area contributed by atoms with Gasteiger partial charge >= 0.3 is 0 Å². The summed E-state index contributed by atoms with van der Waals surface area (Å²) >= 11 is 6.94. The van der Waals surface area contributed by atoms with E-state index in [0.717, 1.165) is 10.4 Å². The number of hydrogen-bond donors (Lipinski definition) is 1. The number of benzene rings is 3. The highest BCUT2D eigenvalue weighted by atomic mass is 35.5. The van der Waals surface area contributed by atoms with Crippen molar-refractivity contribution in [3.8, 4) is 0 Å². The van der Waals surface area contributed by atoms with E-state index in [-0.39, 0.29) is 40.2 Å². The van der Waals surface area contributed by atoms with Gasteiger partial charge in [-0.15, -0.1) is 0 Å².